The number of carbonyl (C=O) groups excluding carboxylic acids is 1. The van der Waals surface area contributed by atoms with Gasteiger partial charge in [-0.1, -0.05) is 0 Å². The van der Waals surface area contributed by atoms with E-state index < -0.39 is 0 Å². The average Bonchev–Trinajstić information content (AvgIpc) is 2.68. The van der Waals surface area contributed by atoms with Crippen molar-refractivity contribution in [3.63, 3.8) is 0 Å². The van der Waals surface area contributed by atoms with Crippen molar-refractivity contribution < 1.29 is 4.79 Å². The third-order valence-electron chi connectivity index (χ3n) is 2.71. The van der Waals surface area contributed by atoms with Gasteiger partial charge in [0.1, 0.15) is 6.29 Å². The molecule has 2 aliphatic rings. The van der Waals surface area contributed by atoms with E-state index in [1.165, 1.54) is 19.4 Å². The average molecular weight is 153 g/mol. The molecule has 2 heteroatoms. The minimum atomic E-state index is 0.341. The van der Waals surface area contributed by atoms with Gasteiger partial charge in [-0.25, -0.2) is 0 Å². The molecule has 1 heterocycles. The second kappa shape index (κ2) is 2.94. The number of rotatable bonds is 3. The number of likely N-dealkylation sites (tertiary alicyclic amines) is 1. The van der Waals surface area contributed by atoms with E-state index >= 15 is 0 Å². The van der Waals surface area contributed by atoms with Crippen molar-refractivity contribution in [1.82, 2.24) is 4.90 Å². The first-order valence-electron chi connectivity index (χ1n) is 4.56. The van der Waals surface area contributed by atoms with Crippen LogP contribution in [0.2, 0.25) is 0 Å². The Bertz CT molecular complexity index is 154. The third kappa shape index (κ3) is 1.80. The van der Waals surface area contributed by atoms with Gasteiger partial charge < -0.3 is 9.69 Å². The molecule has 1 saturated heterocycles. The van der Waals surface area contributed by atoms with E-state index in [9.17, 15) is 4.79 Å². The van der Waals surface area contributed by atoms with Gasteiger partial charge in [0.15, 0.2) is 0 Å². The largest absolute Gasteiger partial charge is 0.303 e. The van der Waals surface area contributed by atoms with Crippen molar-refractivity contribution in [3.8, 4) is 0 Å². The molecule has 1 saturated carbocycles. The molecule has 0 unspecified atom stereocenters. The number of hydrogen-bond acceptors (Lipinski definition) is 2. The topological polar surface area (TPSA) is 20.3 Å². The summed E-state index contributed by atoms with van der Waals surface area (Å²) in [4.78, 5) is 12.9. The van der Waals surface area contributed by atoms with Crippen LogP contribution in [-0.4, -0.2) is 30.8 Å². The molecule has 2 fully saturated rings. The van der Waals surface area contributed by atoms with Crippen LogP contribution in [0.1, 0.15) is 19.3 Å². The van der Waals surface area contributed by atoms with Crippen LogP contribution in [0.25, 0.3) is 0 Å². The van der Waals surface area contributed by atoms with E-state index in [2.05, 4.69) is 4.90 Å². The van der Waals surface area contributed by atoms with Gasteiger partial charge >= 0.3 is 0 Å². The van der Waals surface area contributed by atoms with Crippen LogP contribution in [0.3, 0.4) is 0 Å². The van der Waals surface area contributed by atoms with Crippen LogP contribution in [-0.2, 0) is 4.79 Å². The molecule has 0 aromatic heterocycles. The predicted octanol–water partition coefficient (Wildman–Crippen LogP) is 0.917. The summed E-state index contributed by atoms with van der Waals surface area (Å²) < 4.78 is 0. The molecule has 2 rings (SSSR count). The molecule has 0 spiro atoms. The van der Waals surface area contributed by atoms with Gasteiger partial charge in [0.2, 0.25) is 0 Å². The van der Waals surface area contributed by atoms with Crippen LogP contribution in [0.5, 0.6) is 0 Å². The highest BCUT2D eigenvalue weighted by Crippen LogP contribution is 2.31. The highest BCUT2D eigenvalue weighted by Gasteiger charge is 2.28. The van der Waals surface area contributed by atoms with Gasteiger partial charge in [-0.05, 0) is 31.7 Å². The van der Waals surface area contributed by atoms with E-state index in [1.54, 1.807) is 0 Å². The highest BCUT2D eigenvalue weighted by molar-refractivity contribution is 5.54. The molecule has 2 nitrogen and oxygen atoms in total. The van der Waals surface area contributed by atoms with Gasteiger partial charge in [-0.15, -0.1) is 0 Å². The summed E-state index contributed by atoms with van der Waals surface area (Å²) in [6, 6.07) is 0. The Morgan fingerprint density at radius 3 is 2.73 bits per heavy atom. The quantitative estimate of drug-likeness (QED) is 0.562. The first-order chi connectivity index (χ1) is 5.38. The maximum absolute atomic E-state index is 10.4. The summed E-state index contributed by atoms with van der Waals surface area (Å²) in [5, 5.41) is 0. The lowest BCUT2D eigenvalue weighted by molar-refractivity contribution is -0.110. The molecule has 0 N–H and O–H groups in total. The van der Waals surface area contributed by atoms with Crippen LogP contribution < -0.4 is 0 Å². The molecule has 0 aromatic carbocycles. The zero-order valence-electron chi connectivity index (χ0n) is 6.83. The summed E-state index contributed by atoms with van der Waals surface area (Å²) in [5.41, 5.74) is 0. The number of aldehydes is 1. The van der Waals surface area contributed by atoms with Crippen molar-refractivity contribution in [2.24, 2.45) is 11.8 Å². The standard InChI is InChI=1S/C9H15NO/c11-7-9-3-4-10(6-9)5-8-1-2-8/h7-9H,1-6H2/t9-/m1/s1. The fourth-order valence-corrected chi connectivity index (χ4v) is 1.81. The van der Waals surface area contributed by atoms with Crippen molar-refractivity contribution in [1.29, 1.82) is 0 Å². The number of carbonyl (C=O) groups is 1. The molecule has 1 aliphatic heterocycles. The molecular weight excluding hydrogens is 138 g/mol. The monoisotopic (exact) mass is 153 g/mol. The molecule has 62 valence electrons. The lowest BCUT2D eigenvalue weighted by Gasteiger charge is -2.13. The van der Waals surface area contributed by atoms with E-state index in [0.717, 1.165) is 31.7 Å². The molecular formula is C9H15NO. The molecule has 0 amide bonds. The molecule has 0 radical (unpaired) electrons. The Morgan fingerprint density at radius 2 is 2.18 bits per heavy atom. The summed E-state index contributed by atoms with van der Waals surface area (Å²) in [6.07, 6.45) is 5.05. The van der Waals surface area contributed by atoms with Crippen LogP contribution >= 0.6 is 0 Å². The Kier molecular flexibility index (Phi) is 1.95. The second-order valence-corrected chi connectivity index (χ2v) is 3.89. The van der Waals surface area contributed by atoms with Crippen molar-refractivity contribution in [3.05, 3.63) is 0 Å². The number of hydrogen-bond donors (Lipinski definition) is 0. The van der Waals surface area contributed by atoms with Gasteiger partial charge in [-0.2, -0.15) is 0 Å². The Balaban J connectivity index is 1.74. The highest BCUT2D eigenvalue weighted by atomic mass is 16.1. The van der Waals surface area contributed by atoms with Crippen LogP contribution in [0.15, 0.2) is 0 Å². The van der Waals surface area contributed by atoms with Gasteiger partial charge in [0.25, 0.3) is 0 Å². The van der Waals surface area contributed by atoms with Crippen molar-refractivity contribution in [2.75, 3.05) is 19.6 Å². The molecule has 1 aliphatic carbocycles. The summed E-state index contributed by atoms with van der Waals surface area (Å²) >= 11 is 0. The maximum atomic E-state index is 10.4. The van der Waals surface area contributed by atoms with Crippen LogP contribution in [0, 0.1) is 11.8 Å². The maximum Gasteiger partial charge on any atom is 0.124 e. The third-order valence-corrected chi connectivity index (χ3v) is 2.71. The summed E-state index contributed by atoms with van der Waals surface area (Å²) in [7, 11) is 0. The van der Waals surface area contributed by atoms with Gasteiger partial charge in [0, 0.05) is 19.0 Å². The van der Waals surface area contributed by atoms with Crippen molar-refractivity contribution >= 4 is 6.29 Å². The van der Waals surface area contributed by atoms with Crippen LogP contribution in [0.4, 0.5) is 0 Å². The van der Waals surface area contributed by atoms with E-state index in [0.29, 0.717) is 5.92 Å². The zero-order valence-corrected chi connectivity index (χ0v) is 6.83. The normalized spacial score (nSPS) is 32.5. The summed E-state index contributed by atoms with van der Waals surface area (Å²) in [6.45, 7) is 3.43. The smallest absolute Gasteiger partial charge is 0.124 e. The minimum Gasteiger partial charge on any atom is -0.303 e. The fraction of sp³-hybridized carbons (Fsp3) is 0.889. The van der Waals surface area contributed by atoms with E-state index in [4.69, 9.17) is 0 Å². The van der Waals surface area contributed by atoms with Gasteiger partial charge in [-0.3, -0.25) is 0 Å². The number of nitrogens with zero attached hydrogens (tertiary/aromatic N) is 1. The lowest BCUT2D eigenvalue weighted by Crippen LogP contribution is -2.23. The Hall–Kier alpha value is -0.370. The molecule has 11 heavy (non-hydrogen) atoms. The lowest BCUT2D eigenvalue weighted by atomic mass is 10.1. The predicted molar refractivity (Wildman–Crippen MR) is 43.3 cm³/mol. The Morgan fingerprint density at radius 1 is 1.36 bits per heavy atom. The first kappa shape index (κ1) is 7.29. The van der Waals surface area contributed by atoms with Gasteiger partial charge in [0.05, 0.1) is 0 Å². The van der Waals surface area contributed by atoms with E-state index in [-0.39, 0.29) is 0 Å². The zero-order chi connectivity index (χ0) is 7.68. The minimum absolute atomic E-state index is 0.341. The Labute approximate surface area is 67.6 Å². The van der Waals surface area contributed by atoms with E-state index in [1.807, 2.05) is 0 Å². The first-order valence-corrected chi connectivity index (χ1v) is 4.56. The molecule has 0 aromatic rings. The molecule has 1 atom stereocenters. The SMILES string of the molecule is O=C[C@@H]1CCN(CC2CC2)C1. The fourth-order valence-electron chi connectivity index (χ4n) is 1.81. The second-order valence-electron chi connectivity index (χ2n) is 3.89. The molecule has 0 bridgehead atoms. The summed E-state index contributed by atoms with van der Waals surface area (Å²) in [5.74, 6) is 1.31. The van der Waals surface area contributed by atoms with Crippen molar-refractivity contribution in [2.45, 2.75) is 19.3 Å².